The maximum atomic E-state index is 13.5. The van der Waals surface area contributed by atoms with Gasteiger partial charge in [-0.3, -0.25) is 19.2 Å². The summed E-state index contributed by atoms with van der Waals surface area (Å²) in [6.45, 7) is 7.74. The van der Waals surface area contributed by atoms with E-state index in [-0.39, 0.29) is 62.0 Å². The summed E-state index contributed by atoms with van der Waals surface area (Å²) in [6, 6.07) is 9.19. The molecule has 14 heteroatoms. The lowest BCUT2D eigenvalue weighted by Crippen LogP contribution is -2.48. The Bertz CT molecular complexity index is 1420. The summed E-state index contributed by atoms with van der Waals surface area (Å²) in [5, 5.41) is 16.9. The van der Waals surface area contributed by atoms with Gasteiger partial charge in [0.2, 0.25) is 17.7 Å². The van der Waals surface area contributed by atoms with Crippen LogP contribution in [0.5, 0.6) is 0 Å². The molecule has 0 aliphatic carbocycles. The summed E-state index contributed by atoms with van der Waals surface area (Å²) in [7, 11) is 0. The second-order valence-electron chi connectivity index (χ2n) is 10.7. The van der Waals surface area contributed by atoms with Gasteiger partial charge < -0.3 is 30.1 Å². The molecule has 2 atom stereocenters. The van der Waals surface area contributed by atoms with Gasteiger partial charge in [-0.25, -0.2) is 9.67 Å². The van der Waals surface area contributed by atoms with E-state index in [4.69, 9.17) is 9.26 Å². The molecule has 1 aliphatic heterocycles. The number of rotatable bonds is 6. The molecule has 1 aliphatic rings. The Hall–Kier alpha value is -4.59. The van der Waals surface area contributed by atoms with Crippen molar-refractivity contribution in [3.63, 3.8) is 0 Å². The lowest BCUT2D eigenvalue weighted by atomic mass is 10.0. The van der Waals surface area contributed by atoms with E-state index in [1.165, 1.54) is 15.6 Å². The standard InChI is InChI=1S/C29H38N8O6/c1-5-42-17-25(39)36-12-11-30-24(38)16-37-27(33-26(34-37)20-9-7-6-8-10-20)19(4)31-28(40)22(13-18(2)3)32-29(41)23-14-21(15-36)43-35-23/h6-10,14,18-19,22H,5,11-13,15-17H2,1-4H3,(H,30,38)(H,31,40)(H,32,41)/t19-,22+/m0/s1. The number of aromatic nitrogens is 4. The van der Waals surface area contributed by atoms with Crippen LogP contribution in [0.2, 0.25) is 0 Å². The number of carbonyl (C=O) groups is 4. The van der Waals surface area contributed by atoms with Crippen molar-refractivity contribution in [3.8, 4) is 11.4 Å². The van der Waals surface area contributed by atoms with E-state index < -0.39 is 23.9 Å². The second kappa shape index (κ2) is 14.5. The Morgan fingerprint density at radius 3 is 2.63 bits per heavy atom. The Morgan fingerprint density at radius 2 is 1.91 bits per heavy atom. The minimum absolute atomic E-state index is 0.00312. The summed E-state index contributed by atoms with van der Waals surface area (Å²) in [6.07, 6.45) is 0.360. The normalized spacial score (nSPS) is 18.7. The van der Waals surface area contributed by atoms with Gasteiger partial charge in [-0.05, 0) is 26.2 Å². The number of nitrogens with one attached hydrogen (secondary N) is 3. The van der Waals surface area contributed by atoms with Crippen LogP contribution in [-0.4, -0.2) is 80.8 Å². The third kappa shape index (κ3) is 8.47. The predicted molar refractivity (Wildman–Crippen MR) is 154 cm³/mol. The molecule has 14 nitrogen and oxygen atoms in total. The maximum Gasteiger partial charge on any atom is 0.274 e. The lowest BCUT2D eigenvalue weighted by Gasteiger charge is -2.23. The zero-order valence-electron chi connectivity index (χ0n) is 24.8. The molecule has 4 rings (SSSR count). The Balaban J connectivity index is 1.67. The lowest BCUT2D eigenvalue weighted by molar-refractivity contribution is -0.137. The Morgan fingerprint density at radius 1 is 1.14 bits per heavy atom. The highest BCUT2D eigenvalue weighted by molar-refractivity contribution is 5.96. The molecule has 1 aromatic carbocycles. The molecule has 0 fully saturated rings. The van der Waals surface area contributed by atoms with E-state index in [0.717, 1.165) is 5.56 Å². The molecule has 3 heterocycles. The maximum absolute atomic E-state index is 13.5. The van der Waals surface area contributed by atoms with Crippen molar-refractivity contribution in [2.24, 2.45) is 5.92 Å². The van der Waals surface area contributed by atoms with Gasteiger partial charge in [-0.2, -0.15) is 5.10 Å². The topological polar surface area (TPSA) is 174 Å². The Kier molecular flexibility index (Phi) is 10.6. The van der Waals surface area contributed by atoms with Crippen LogP contribution in [0.15, 0.2) is 40.9 Å². The number of fused-ring (bicyclic) bond motifs is 3. The van der Waals surface area contributed by atoms with Gasteiger partial charge in [0.05, 0.1) is 12.6 Å². The molecule has 4 amide bonds. The first-order chi connectivity index (χ1) is 20.6. The molecule has 0 saturated heterocycles. The number of carbonyl (C=O) groups excluding carboxylic acids is 4. The summed E-state index contributed by atoms with van der Waals surface area (Å²) in [5.41, 5.74) is 0.725. The summed E-state index contributed by atoms with van der Waals surface area (Å²) < 4.78 is 12.1. The molecule has 0 radical (unpaired) electrons. The molecular formula is C29H38N8O6. The van der Waals surface area contributed by atoms with Crippen LogP contribution in [0.3, 0.4) is 0 Å². The Labute approximate surface area is 249 Å². The van der Waals surface area contributed by atoms with E-state index >= 15 is 0 Å². The summed E-state index contributed by atoms with van der Waals surface area (Å²) in [5.74, 6) is -0.563. The van der Waals surface area contributed by atoms with Crippen molar-refractivity contribution < 1.29 is 28.4 Å². The quantitative estimate of drug-likeness (QED) is 0.382. The number of nitrogens with zero attached hydrogens (tertiary/aromatic N) is 5. The van der Waals surface area contributed by atoms with E-state index in [1.807, 2.05) is 44.2 Å². The first-order valence-electron chi connectivity index (χ1n) is 14.3. The van der Waals surface area contributed by atoms with Crippen LogP contribution >= 0.6 is 0 Å². The first-order valence-corrected chi connectivity index (χ1v) is 14.3. The van der Waals surface area contributed by atoms with Crippen LogP contribution < -0.4 is 16.0 Å². The van der Waals surface area contributed by atoms with Crippen molar-refractivity contribution in [2.75, 3.05) is 26.3 Å². The number of hydrogen-bond donors (Lipinski definition) is 3. The summed E-state index contributed by atoms with van der Waals surface area (Å²) >= 11 is 0. The van der Waals surface area contributed by atoms with Gasteiger partial charge in [0.1, 0.15) is 25.0 Å². The van der Waals surface area contributed by atoms with Crippen molar-refractivity contribution in [3.05, 3.63) is 53.7 Å². The van der Waals surface area contributed by atoms with Gasteiger partial charge >= 0.3 is 0 Å². The van der Waals surface area contributed by atoms with E-state index in [2.05, 4.69) is 31.2 Å². The van der Waals surface area contributed by atoms with Gasteiger partial charge in [0, 0.05) is 31.3 Å². The van der Waals surface area contributed by atoms with Gasteiger partial charge in [-0.15, -0.1) is 0 Å². The van der Waals surface area contributed by atoms with Gasteiger partial charge in [0.15, 0.2) is 17.3 Å². The highest BCUT2D eigenvalue weighted by atomic mass is 16.5. The average Bonchev–Trinajstić information content (AvgIpc) is 3.62. The minimum Gasteiger partial charge on any atom is -0.372 e. The monoisotopic (exact) mass is 594 g/mol. The molecule has 0 unspecified atom stereocenters. The largest absolute Gasteiger partial charge is 0.372 e. The van der Waals surface area contributed by atoms with Gasteiger partial charge in [-0.1, -0.05) is 49.3 Å². The molecule has 0 spiro atoms. The SMILES string of the molecule is CCOCC(=O)N1CCNC(=O)Cn2nc(-c3ccccc3)nc2[C@H](C)NC(=O)[C@@H](CC(C)C)NC(=O)c2cc(on2)C1. The molecule has 0 saturated carbocycles. The molecule has 3 aromatic rings. The number of benzene rings is 1. The molecule has 2 aromatic heterocycles. The third-order valence-electron chi connectivity index (χ3n) is 6.73. The fourth-order valence-electron chi connectivity index (χ4n) is 4.59. The fraction of sp³-hybridized carbons (Fsp3) is 0.483. The zero-order valence-corrected chi connectivity index (χ0v) is 24.8. The van der Waals surface area contributed by atoms with Crippen LogP contribution in [0.4, 0.5) is 0 Å². The first kappa shape index (κ1) is 31.3. The van der Waals surface area contributed by atoms with Crippen LogP contribution in [0.25, 0.3) is 11.4 Å². The average molecular weight is 595 g/mol. The fourth-order valence-corrected chi connectivity index (χ4v) is 4.59. The molecule has 3 N–H and O–H groups in total. The van der Waals surface area contributed by atoms with Gasteiger partial charge in [0.25, 0.3) is 5.91 Å². The second-order valence-corrected chi connectivity index (χ2v) is 10.7. The number of amides is 4. The van der Waals surface area contributed by atoms with Crippen LogP contribution in [0, 0.1) is 5.92 Å². The minimum atomic E-state index is -0.883. The van der Waals surface area contributed by atoms with Crippen LogP contribution in [-0.2, 0) is 32.2 Å². The van der Waals surface area contributed by atoms with Crippen molar-refractivity contribution in [2.45, 2.75) is 59.3 Å². The van der Waals surface area contributed by atoms with Crippen LogP contribution in [0.1, 0.15) is 62.2 Å². The van der Waals surface area contributed by atoms with Crippen molar-refractivity contribution >= 4 is 23.6 Å². The molecule has 43 heavy (non-hydrogen) atoms. The molecule has 2 bridgehead atoms. The number of ether oxygens (including phenoxy) is 1. The molecule has 230 valence electrons. The summed E-state index contributed by atoms with van der Waals surface area (Å²) in [4.78, 5) is 58.5. The predicted octanol–water partition coefficient (Wildman–Crippen LogP) is 1.45. The molecular weight excluding hydrogens is 556 g/mol. The van der Waals surface area contributed by atoms with E-state index in [1.54, 1.807) is 13.8 Å². The zero-order chi connectivity index (χ0) is 30.9. The smallest absolute Gasteiger partial charge is 0.274 e. The third-order valence-corrected chi connectivity index (χ3v) is 6.73. The van der Waals surface area contributed by atoms with E-state index in [0.29, 0.717) is 24.7 Å². The number of hydrogen-bond acceptors (Lipinski definition) is 9. The van der Waals surface area contributed by atoms with Crippen molar-refractivity contribution in [1.29, 1.82) is 0 Å². The van der Waals surface area contributed by atoms with Crippen molar-refractivity contribution in [1.82, 2.24) is 40.8 Å². The van der Waals surface area contributed by atoms with E-state index in [9.17, 15) is 19.2 Å². The highest BCUT2D eigenvalue weighted by Crippen LogP contribution is 2.20. The highest BCUT2D eigenvalue weighted by Gasteiger charge is 2.28.